The van der Waals surface area contributed by atoms with Gasteiger partial charge in [-0.3, -0.25) is 4.79 Å². The molecule has 0 saturated heterocycles. The van der Waals surface area contributed by atoms with Crippen LogP contribution in [0.3, 0.4) is 0 Å². The summed E-state index contributed by atoms with van der Waals surface area (Å²) in [7, 11) is 0. The zero-order chi connectivity index (χ0) is 10.2. The average molecular weight is 190 g/mol. The van der Waals surface area contributed by atoms with Crippen molar-refractivity contribution in [3.63, 3.8) is 0 Å². The third-order valence-electron chi connectivity index (χ3n) is 2.62. The predicted octanol–water partition coefficient (Wildman–Crippen LogP) is 1.42. The Labute approximate surface area is 83.3 Å². The number of aryl methyl sites for hydroxylation is 1. The molecule has 1 fully saturated rings. The number of nitrogens with one attached hydrogen (secondary N) is 1. The standard InChI is InChI=1S/C11H14N2O/c1-8-3-2-4-9(7-8)13-11(5-6-11)10(12)14/h2-4,7,13H,5-6H2,1H3,(H2,12,14). The molecule has 3 N–H and O–H groups in total. The Balaban J connectivity index is 2.15. The topological polar surface area (TPSA) is 55.1 Å². The Kier molecular flexibility index (Phi) is 1.95. The van der Waals surface area contributed by atoms with Crippen LogP contribution in [0, 0.1) is 6.92 Å². The highest BCUT2D eigenvalue weighted by molar-refractivity contribution is 5.91. The van der Waals surface area contributed by atoms with Gasteiger partial charge in [-0.2, -0.15) is 0 Å². The molecule has 0 atom stereocenters. The van der Waals surface area contributed by atoms with Crippen LogP contribution in [-0.4, -0.2) is 11.4 Å². The van der Waals surface area contributed by atoms with Crippen LogP contribution in [0.25, 0.3) is 0 Å². The molecule has 1 aliphatic carbocycles. The molecule has 74 valence electrons. The number of nitrogens with two attached hydrogens (primary N) is 1. The Bertz CT molecular complexity index is 369. The van der Waals surface area contributed by atoms with Gasteiger partial charge in [-0.05, 0) is 37.5 Å². The Morgan fingerprint density at radius 2 is 2.21 bits per heavy atom. The van der Waals surface area contributed by atoms with Gasteiger partial charge in [-0.15, -0.1) is 0 Å². The van der Waals surface area contributed by atoms with Crippen molar-refractivity contribution in [3.05, 3.63) is 29.8 Å². The number of amides is 1. The molecule has 0 aliphatic heterocycles. The molecule has 0 aromatic heterocycles. The molecule has 2 rings (SSSR count). The van der Waals surface area contributed by atoms with Crippen molar-refractivity contribution in [2.75, 3.05) is 5.32 Å². The van der Waals surface area contributed by atoms with Crippen molar-refractivity contribution in [2.24, 2.45) is 5.73 Å². The number of primary amides is 1. The van der Waals surface area contributed by atoms with Gasteiger partial charge in [-0.25, -0.2) is 0 Å². The number of hydrogen-bond donors (Lipinski definition) is 2. The van der Waals surface area contributed by atoms with Crippen molar-refractivity contribution in [2.45, 2.75) is 25.3 Å². The summed E-state index contributed by atoms with van der Waals surface area (Å²) in [6, 6.07) is 7.96. The second-order valence-electron chi connectivity index (χ2n) is 3.94. The van der Waals surface area contributed by atoms with Crippen LogP contribution >= 0.6 is 0 Å². The van der Waals surface area contributed by atoms with Gasteiger partial charge in [0.1, 0.15) is 5.54 Å². The number of carbonyl (C=O) groups is 1. The molecule has 1 saturated carbocycles. The molecule has 1 aliphatic rings. The minimum absolute atomic E-state index is 0.251. The summed E-state index contributed by atoms with van der Waals surface area (Å²) in [6.07, 6.45) is 1.69. The average Bonchev–Trinajstić information content (AvgIpc) is 2.85. The van der Waals surface area contributed by atoms with E-state index < -0.39 is 5.54 Å². The van der Waals surface area contributed by atoms with E-state index in [9.17, 15) is 4.79 Å². The SMILES string of the molecule is Cc1cccc(NC2(C(N)=O)CC2)c1. The largest absolute Gasteiger partial charge is 0.371 e. The van der Waals surface area contributed by atoms with Gasteiger partial charge < -0.3 is 11.1 Å². The van der Waals surface area contributed by atoms with Crippen LogP contribution in [0.5, 0.6) is 0 Å². The molecule has 1 aromatic rings. The van der Waals surface area contributed by atoms with Crippen LogP contribution < -0.4 is 11.1 Å². The molecule has 0 radical (unpaired) electrons. The highest BCUT2D eigenvalue weighted by Crippen LogP contribution is 2.38. The lowest BCUT2D eigenvalue weighted by Crippen LogP contribution is -2.37. The molecule has 0 heterocycles. The summed E-state index contributed by atoms with van der Waals surface area (Å²) < 4.78 is 0. The van der Waals surface area contributed by atoms with E-state index in [4.69, 9.17) is 5.73 Å². The first kappa shape index (κ1) is 9.06. The first-order valence-electron chi connectivity index (χ1n) is 4.77. The Morgan fingerprint density at radius 1 is 1.50 bits per heavy atom. The molecule has 0 spiro atoms. The third kappa shape index (κ3) is 1.58. The Hall–Kier alpha value is -1.51. The smallest absolute Gasteiger partial charge is 0.243 e. The maximum atomic E-state index is 11.1. The van der Waals surface area contributed by atoms with Gasteiger partial charge in [0.05, 0.1) is 0 Å². The summed E-state index contributed by atoms with van der Waals surface area (Å²) in [5.74, 6) is -0.251. The first-order chi connectivity index (χ1) is 6.62. The maximum absolute atomic E-state index is 11.1. The molecule has 3 nitrogen and oxygen atoms in total. The Morgan fingerprint density at radius 3 is 2.71 bits per heavy atom. The van der Waals surface area contributed by atoms with E-state index in [2.05, 4.69) is 5.32 Å². The molecule has 0 bridgehead atoms. The predicted molar refractivity (Wildman–Crippen MR) is 56.0 cm³/mol. The summed E-state index contributed by atoms with van der Waals surface area (Å²) in [4.78, 5) is 11.1. The number of rotatable bonds is 3. The zero-order valence-corrected chi connectivity index (χ0v) is 8.21. The summed E-state index contributed by atoms with van der Waals surface area (Å²) in [5, 5.41) is 3.20. The van der Waals surface area contributed by atoms with E-state index >= 15 is 0 Å². The quantitative estimate of drug-likeness (QED) is 0.757. The molecular weight excluding hydrogens is 176 g/mol. The highest BCUT2D eigenvalue weighted by Gasteiger charge is 2.48. The molecule has 1 aromatic carbocycles. The zero-order valence-electron chi connectivity index (χ0n) is 8.21. The maximum Gasteiger partial charge on any atom is 0.243 e. The van der Waals surface area contributed by atoms with Gasteiger partial charge in [0, 0.05) is 5.69 Å². The lowest BCUT2D eigenvalue weighted by molar-refractivity contribution is -0.119. The number of carbonyl (C=O) groups excluding carboxylic acids is 1. The third-order valence-corrected chi connectivity index (χ3v) is 2.62. The second kappa shape index (κ2) is 3.01. The van der Waals surface area contributed by atoms with Crippen LogP contribution in [0.4, 0.5) is 5.69 Å². The van der Waals surface area contributed by atoms with Gasteiger partial charge in [-0.1, -0.05) is 12.1 Å². The number of hydrogen-bond acceptors (Lipinski definition) is 2. The van der Waals surface area contributed by atoms with E-state index in [1.165, 1.54) is 5.56 Å². The van der Waals surface area contributed by atoms with Crippen molar-refractivity contribution >= 4 is 11.6 Å². The fourth-order valence-electron chi connectivity index (χ4n) is 1.56. The van der Waals surface area contributed by atoms with Crippen LogP contribution in [0.15, 0.2) is 24.3 Å². The van der Waals surface area contributed by atoms with Crippen molar-refractivity contribution in [3.8, 4) is 0 Å². The van der Waals surface area contributed by atoms with Gasteiger partial charge in [0.15, 0.2) is 0 Å². The highest BCUT2D eigenvalue weighted by atomic mass is 16.1. The van der Waals surface area contributed by atoms with Crippen molar-refractivity contribution in [1.29, 1.82) is 0 Å². The van der Waals surface area contributed by atoms with E-state index in [-0.39, 0.29) is 5.91 Å². The summed E-state index contributed by atoms with van der Waals surface area (Å²) in [5.41, 5.74) is 7.00. The fourth-order valence-corrected chi connectivity index (χ4v) is 1.56. The van der Waals surface area contributed by atoms with E-state index in [0.29, 0.717) is 0 Å². The summed E-state index contributed by atoms with van der Waals surface area (Å²) in [6.45, 7) is 2.02. The van der Waals surface area contributed by atoms with Gasteiger partial charge in [0.25, 0.3) is 0 Å². The number of benzene rings is 1. The minimum atomic E-state index is -0.464. The normalized spacial score (nSPS) is 17.5. The lowest BCUT2D eigenvalue weighted by Gasteiger charge is -2.15. The molecule has 3 heteroatoms. The minimum Gasteiger partial charge on any atom is -0.371 e. The van der Waals surface area contributed by atoms with E-state index in [0.717, 1.165) is 18.5 Å². The fraction of sp³-hybridized carbons (Fsp3) is 0.364. The molecule has 14 heavy (non-hydrogen) atoms. The van der Waals surface area contributed by atoms with Crippen molar-refractivity contribution in [1.82, 2.24) is 0 Å². The molecule has 1 amide bonds. The van der Waals surface area contributed by atoms with Gasteiger partial charge in [0.2, 0.25) is 5.91 Å². The van der Waals surface area contributed by atoms with E-state index in [1.807, 2.05) is 31.2 Å². The molecule has 0 unspecified atom stereocenters. The van der Waals surface area contributed by atoms with E-state index in [1.54, 1.807) is 0 Å². The second-order valence-corrected chi connectivity index (χ2v) is 3.94. The molecular formula is C11H14N2O. The van der Waals surface area contributed by atoms with Crippen LogP contribution in [0.2, 0.25) is 0 Å². The van der Waals surface area contributed by atoms with Gasteiger partial charge >= 0.3 is 0 Å². The summed E-state index contributed by atoms with van der Waals surface area (Å²) >= 11 is 0. The first-order valence-corrected chi connectivity index (χ1v) is 4.77. The lowest BCUT2D eigenvalue weighted by atomic mass is 10.2. The van der Waals surface area contributed by atoms with Crippen molar-refractivity contribution < 1.29 is 4.79 Å². The number of anilines is 1. The van der Waals surface area contributed by atoms with Crippen LogP contribution in [-0.2, 0) is 4.79 Å². The monoisotopic (exact) mass is 190 g/mol. The van der Waals surface area contributed by atoms with Crippen LogP contribution in [0.1, 0.15) is 18.4 Å².